The molecular formula is C17H24N2O7. The first-order chi connectivity index (χ1) is 12.4. The Bertz CT molecular complexity index is 580. The van der Waals surface area contributed by atoms with Crippen LogP contribution < -0.4 is 5.32 Å². The lowest BCUT2D eigenvalue weighted by Crippen LogP contribution is -2.50. The maximum Gasteiger partial charge on any atom is 0.335 e. The molecule has 1 aromatic carbocycles. The number of aliphatic hydroxyl groups is 2. The molecule has 2 aliphatic rings. The number of benzene rings is 1. The molecule has 2 aliphatic heterocycles. The maximum absolute atomic E-state index is 9.77. The van der Waals surface area contributed by atoms with Gasteiger partial charge in [-0.1, -0.05) is 30.3 Å². The Morgan fingerprint density at radius 1 is 1.12 bits per heavy atom. The van der Waals surface area contributed by atoms with Crippen LogP contribution in [-0.2, 0) is 20.9 Å². The molecule has 4 atom stereocenters. The Hall–Kier alpha value is -2.04. The maximum atomic E-state index is 9.77. The van der Waals surface area contributed by atoms with Crippen molar-refractivity contribution < 1.29 is 34.8 Å². The van der Waals surface area contributed by atoms with E-state index in [2.05, 4.69) is 40.5 Å². The van der Waals surface area contributed by atoms with E-state index in [1.807, 2.05) is 0 Å². The zero-order chi connectivity index (χ0) is 19.1. The van der Waals surface area contributed by atoms with Crippen molar-refractivity contribution in [2.75, 3.05) is 26.2 Å². The number of ether oxygens (including phenoxy) is 1. The molecule has 0 saturated carbocycles. The second-order valence-corrected chi connectivity index (χ2v) is 6.16. The summed E-state index contributed by atoms with van der Waals surface area (Å²) in [5.74, 6) is -3.54. The minimum absolute atomic E-state index is 0.400. The van der Waals surface area contributed by atoms with Crippen molar-refractivity contribution in [1.82, 2.24) is 10.2 Å². The number of rotatable bonds is 5. The quantitative estimate of drug-likeness (QED) is 0.431. The summed E-state index contributed by atoms with van der Waals surface area (Å²) in [6.45, 7) is 5.05. The summed E-state index contributed by atoms with van der Waals surface area (Å²) in [6.07, 6.45) is -4.13. The second kappa shape index (κ2) is 9.60. The highest BCUT2D eigenvalue weighted by Gasteiger charge is 2.35. The van der Waals surface area contributed by atoms with Gasteiger partial charge in [-0.15, -0.1) is 0 Å². The van der Waals surface area contributed by atoms with Gasteiger partial charge in [-0.25, -0.2) is 9.59 Å². The van der Waals surface area contributed by atoms with E-state index in [1.165, 1.54) is 5.56 Å². The fourth-order valence-corrected chi connectivity index (χ4v) is 2.95. The summed E-state index contributed by atoms with van der Waals surface area (Å²) >= 11 is 0. The Morgan fingerprint density at radius 2 is 1.73 bits per heavy atom. The number of morpholine rings is 1. The van der Waals surface area contributed by atoms with E-state index in [-0.39, 0.29) is 0 Å². The predicted molar refractivity (Wildman–Crippen MR) is 90.5 cm³/mol. The van der Waals surface area contributed by atoms with Crippen molar-refractivity contribution in [2.45, 2.75) is 30.9 Å². The first-order valence-electron chi connectivity index (χ1n) is 8.32. The van der Waals surface area contributed by atoms with Gasteiger partial charge < -0.3 is 30.5 Å². The summed E-state index contributed by atoms with van der Waals surface area (Å²) in [4.78, 5) is 22.1. The number of aliphatic hydroxyl groups excluding tert-OH is 2. The van der Waals surface area contributed by atoms with E-state index in [0.29, 0.717) is 12.1 Å². The number of carboxylic acid groups (broad SMARTS) is 2. The van der Waals surface area contributed by atoms with Crippen LogP contribution in [0.15, 0.2) is 30.3 Å². The summed E-state index contributed by atoms with van der Waals surface area (Å²) in [5.41, 5.74) is 1.40. The van der Waals surface area contributed by atoms with Crippen LogP contribution in [0.4, 0.5) is 0 Å². The minimum Gasteiger partial charge on any atom is -0.479 e. The first kappa shape index (κ1) is 20.3. The number of carbonyl (C=O) groups is 2. The van der Waals surface area contributed by atoms with Crippen molar-refractivity contribution in [1.29, 1.82) is 0 Å². The molecule has 26 heavy (non-hydrogen) atoms. The average molecular weight is 368 g/mol. The molecule has 0 amide bonds. The summed E-state index contributed by atoms with van der Waals surface area (Å²) in [5, 5.41) is 35.9. The molecule has 2 fully saturated rings. The van der Waals surface area contributed by atoms with E-state index >= 15 is 0 Å². The van der Waals surface area contributed by atoms with Crippen LogP contribution in [0.25, 0.3) is 0 Å². The first-order valence-corrected chi connectivity index (χ1v) is 8.32. The average Bonchev–Trinajstić information content (AvgIpc) is 3.11. The highest BCUT2D eigenvalue weighted by molar-refractivity contribution is 5.83. The van der Waals surface area contributed by atoms with Crippen molar-refractivity contribution >= 4 is 11.9 Å². The van der Waals surface area contributed by atoms with Gasteiger partial charge in [0, 0.05) is 32.2 Å². The molecule has 9 heteroatoms. The summed E-state index contributed by atoms with van der Waals surface area (Å²) in [6, 6.07) is 11.3. The lowest BCUT2D eigenvalue weighted by Gasteiger charge is -2.36. The number of nitrogens with one attached hydrogen (secondary N) is 1. The topological polar surface area (TPSA) is 140 Å². The second-order valence-electron chi connectivity index (χ2n) is 6.16. The molecular weight excluding hydrogens is 344 g/mol. The standard InChI is InChI=1S/C13H18N2O.C4H6O6/c1-2-4-11(5-3-1)10-15-6-7-16-13-9-14-8-12(13)15;5-1(3(7)8)2(6)4(9)10/h1-5,12-14H,6-10H2;1-2,5-6H,(H,7,8)(H,9,10)/t12-,13+;/m0./s1. The fraction of sp³-hybridized carbons (Fsp3) is 0.529. The van der Waals surface area contributed by atoms with Gasteiger partial charge in [0.15, 0.2) is 12.2 Å². The lowest BCUT2D eigenvalue weighted by atomic mass is 10.1. The van der Waals surface area contributed by atoms with E-state index < -0.39 is 24.1 Å². The number of nitrogens with zero attached hydrogens (tertiary/aromatic N) is 1. The van der Waals surface area contributed by atoms with Crippen LogP contribution in [0.5, 0.6) is 0 Å². The lowest BCUT2D eigenvalue weighted by molar-refractivity contribution is -0.165. The van der Waals surface area contributed by atoms with Crippen LogP contribution in [0.3, 0.4) is 0 Å². The molecule has 9 nitrogen and oxygen atoms in total. The van der Waals surface area contributed by atoms with Crippen molar-refractivity contribution in [3.63, 3.8) is 0 Å². The van der Waals surface area contributed by atoms with Gasteiger partial charge in [-0.3, -0.25) is 4.90 Å². The fourth-order valence-electron chi connectivity index (χ4n) is 2.95. The number of fused-ring (bicyclic) bond motifs is 1. The Labute approximate surface area is 150 Å². The number of hydrogen-bond acceptors (Lipinski definition) is 7. The molecule has 0 bridgehead atoms. The van der Waals surface area contributed by atoms with Crippen LogP contribution in [-0.4, -0.2) is 87.9 Å². The van der Waals surface area contributed by atoms with Gasteiger partial charge >= 0.3 is 11.9 Å². The van der Waals surface area contributed by atoms with E-state index in [4.69, 9.17) is 25.2 Å². The monoisotopic (exact) mass is 368 g/mol. The molecule has 5 N–H and O–H groups in total. The third kappa shape index (κ3) is 5.48. The number of hydrogen-bond donors (Lipinski definition) is 5. The molecule has 0 aromatic heterocycles. The van der Waals surface area contributed by atoms with Crippen LogP contribution in [0.1, 0.15) is 5.56 Å². The Balaban J connectivity index is 0.000000213. The Morgan fingerprint density at radius 3 is 2.31 bits per heavy atom. The molecule has 0 aliphatic carbocycles. The van der Waals surface area contributed by atoms with Gasteiger partial charge in [-0.05, 0) is 5.56 Å². The van der Waals surface area contributed by atoms with Gasteiger partial charge in [0.2, 0.25) is 0 Å². The summed E-state index contributed by atoms with van der Waals surface area (Å²) in [7, 11) is 0. The highest BCUT2D eigenvalue weighted by atomic mass is 16.5. The smallest absolute Gasteiger partial charge is 0.335 e. The highest BCUT2D eigenvalue weighted by Crippen LogP contribution is 2.19. The molecule has 144 valence electrons. The molecule has 0 radical (unpaired) electrons. The molecule has 3 rings (SSSR count). The Kier molecular flexibility index (Phi) is 7.49. The number of carboxylic acids is 2. The van der Waals surface area contributed by atoms with Crippen LogP contribution in [0.2, 0.25) is 0 Å². The summed E-state index contributed by atoms with van der Waals surface area (Å²) < 4.78 is 5.77. The van der Waals surface area contributed by atoms with Crippen molar-refractivity contribution in [3.05, 3.63) is 35.9 Å². The van der Waals surface area contributed by atoms with Gasteiger partial charge in [0.25, 0.3) is 0 Å². The predicted octanol–water partition coefficient (Wildman–Crippen LogP) is -1.26. The zero-order valence-corrected chi connectivity index (χ0v) is 14.2. The molecule has 0 spiro atoms. The van der Waals surface area contributed by atoms with E-state index in [1.54, 1.807) is 0 Å². The van der Waals surface area contributed by atoms with Crippen LogP contribution >= 0.6 is 0 Å². The molecule has 1 aromatic rings. The normalized spacial score (nSPS) is 24.7. The third-order valence-electron chi connectivity index (χ3n) is 4.34. The van der Waals surface area contributed by atoms with E-state index in [0.717, 1.165) is 32.8 Å². The van der Waals surface area contributed by atoms with Gasteiger partial charge in [0.05, 0.1) is 12.7 Å². The zero-order valence-electron chi connectivity index (χ0n) is 14.2. The van der Waals surface area contributed by atoms with Crippen molar-refractivity contribution in [2.24, 2.45) is 0 Å². The molecule has 2 heterocycles. The van der Waals surface area contributed by atoms with Gasteiger partial charge in [-0.2, -0.15) is 0 Å². The SMILES string of the molecule is O=C(O)C(O)C(O)C(=O)O.c1ccc(CN2CCO[C@@H]3CNC[C@@H]32)cc1. The van der Waals surface area contributed by atoms with E-state index in [9.17, 15) is 9.59 Å². The van der Waals surface area contributed by atoms with Gasteiger partial charge in [0.1, 0.15) is 0 Å². The molecule has 2 saturated heterocycles. The van der Waals surface area contributed by atoms with Crippen LogP contribution in [0, 0.1) is 0 Å². The largest absolute Gasteiger partial charge is 0.479 e. The minimum atomic E-state index is -2.27. The third-order valence-corrected chi connectivity index (χ3v) is 4.34. The molecule has 2 unspecified atom stereocenters. The van der Waals surface area contributed by atoms with Crippen molar-refractivity contribution in [3.8, 4) is 0 Å². The number of aliphatic carboxylic acids is 2.